The Morgan fingerprint density at radius 1 is 1.23 bits per heavy atom. The monoisotopic (exact) mass is 420 g/mol. The highest BCUT2D eigenvalue weighted by molar-refractivity contribution is 5.89. The normalized spacial score (nSPS) is 16.8. The fraction of sp³-hybridized carbons (Fsp3) is 0.292. The maximum absolute atomic E-state index is 13.6. The van der Waals surface area contributed by atoms with Crippen LogP contribution in [0.3, 0.4) is 0 Å². The quantitative estimate of drug-likeness (QED) is 0.666. The SMILES string of the molecule is CN(Cc1cccc2ncccc12)C(=O)CC1C(=O)NCCN1Cc1cccc(F)c1. The number of hydrogen-bond acceptors (Lipinski definition) is 4. The van der Waals surface area contributed by atoms with Gasteiger partial charge in [-0.1, -0.05) is 30.3 Å². The summed E-state index contributed by atoms with van der Waals surface area (Å²) < 4.78 is 13.6. The van der Waals surface area contributed by atoms with Crippen molar-refractivity contribution in [2.75, 3.05) is 20.1 Å². The molecule has 0 radical (unpaired) electrons. The molecule has 1 saturated heterocycles. The zero-order valence-electron chi connectivity index (χ0n) is 17.4. The van der Waals surface area contributed by atoms with E-state index in [0.717, 1.165) is 22.0 Å². The molecule has 2 heterocycles. The van der Waals surface area contributed by atoms with Gasteiger partial charge in [0.2, 0.25) is 11.8 Å². The van der Waals surface area contributed by atoms with Crippen molar-refractivity contribution >= 4 is 22.7 Å². The Bertz CT molecular complexity index is 1100. The van der Waals surface area contributed by atoms with E-state index in [2.05, 4.69) is 10.3 Å². The molecule has 3 aromatic rings. The second kappa shape index (κ2) is 9.22. The molecular formula is C24H25FN4O2. The van der Waals surface area contributed by atoms with Gasteiger partial charge in [-0.25, -0.2) is 4.39 Å². The van der Waals surface area contributed by atoms with Gasteiger partial charge in [-0.3, -0.25) is 19.5 Å². The van der Waals surface area contributed by atoms with Crippen molar-refractivity contribution in [3.8, 4) is 0 Å². The molecule has 0 saturated carbocycles. The predicted molar refractivity (Wildman–Crippen MR) is 116 cm³/mol. The summed E-state index contributed by atoms with van der Waals surface area (Å²) in [6.45, 7) is 1.97. The molecule has 4 rings (SSSR count). The van der Waals surface area contributed by atoms with Crippen LogP contribution in [0.25, 0.3) is 10.9 Å². The Morgan fingerprint density at radius 3 is 2.90 bits per heavy atom. The van der Waals surface area contributed by atoms with Crippen LogP contribution in [0.1, 0.15) is 17.5 Å². The van der Waals surface area contributed by atoms with Gasteiger partial charge in [0.05, 0.1) is 18.0 Å². The first-order valence-electron chi connectivity index (χ1n) is 10.3. The smallest absolute Gasteiger partial charge is 0.237 e. The maximum Gasteiger partial charge on any atom is 0.237 e. The van der Waals surface area contributed by atoms with Crippen molar-refractivity contribution < 1.29 is 14.0 Å². The second-order valence-corrected chi connectivity index (χ2v) is 7.85. The van der Waals surface area contributed by atoms with Crippen molar-refractivity contribution in [1.82, 2.24) is 20.1 Å². The summed E-state index contributed by atoms with van der Waals surface area (Å²) in [6.07, 6.45) is 1.82. The summed E-state index contributed by atoms with van der Waals surface area (Å²) in [5.41, 5.74) is 2.67. The first kappa shape index (κ1) is 20.9. The van der Waals surface area contributed by atoms with Crippen LogP contribution in [0.2, 0.25) is 0 Å². The lowest BCUT2D eigenvalue weighted by Gasteiger charge is -2.35. The summed E-state index contributed by atoms with van der Waals surface area (Å²) in [4.78, 5) is 33.5. The maximum atomic E-state index is 13.6. The van der Waals surface area contributed by atoms with Gasteiger partial charge < -0.3 is 10.2 Å². The predicted octanol–water partition coefficient (Wildman–Crippen LogP) is 2.72. The minimum atomic E-state index is -0.582. The molecule has 6 nitrogen and oxygen atoms in total. The average molecular weight is 420 g/mol. The molecule has 2 amide bonds. The van der Waals surface area contributed by atoms with Crippen LogP contribution in [0.4, 0.5) is 4.39 Å². The van der Waals surface area contributed by atoms with Gasteiger partial charge in [-0.05, 0) is 35.4 Å². The minimum Gasteiger partial charge on any atom is -0.353 e. The van der Waals surface area contributed by atoms with Gasteiger partial charge >= 0.3 is 0 Å². The molecule has 1 aliphatic heterocycles. The van der Waals surface area contributed by atoms with E-state index in [1.807, 2.05) is 41.3 Å². The molecule has 31 heavy (non-hydrogen) atoms. The summed E-state index contributed by atoms with van der Waals surface area (Å²) in [6, 6.07) is 15.5. The molecule has 2 aromatic carbocycles. The number of carbonyl (C=O) groups is 2. The highest BCUT2D eigenvalue weighted by Crippen LogP contribution is 2.20. The van der Waals surface area contributed by atoms with E-state index < -0.39 is 6.04 Å². The largest absolute Gasteiger partial charge is 0.353 e. The van der Waals surface area contributed by atoms with E-state index in [1.54, 1.807) is 24.2 Å². The molecule has 1 unspecified atom stereocenters. The number of nitrogens with zero attached hydrogens (tertiary/aromatic N) is 3. The molecule has 0 aliphatic carbocycles. The highest BCUT2D eigenvalue weighted by Gasteiger charge is 2.32. The fourth-order valence-corrected chi connectivity index (χ4v) is 4.01. The summed E-state index contributed by atoms with van der Waals surface area (Å²) >= 11 is 0. The van der Waals surface area contributed by atoms with E-state index >= 15 is 0 Å². The molecule has 0 spiro atoms. The molecule has 7 heteroatoms. The van der Waals surface area contributed by atoms with Crippen molar-refractivity contribution in [3.05, 3.63) is 77.7 Å². The number of pyridine rings is 1. The Morgan fingerprint density at radius 2 is 2.06 bits per heavy atom. The topological polar surface area (TPSA) is 65.5 Å². The first-order valence-corrected chi connectivity index (χ1v) is 10.3. The van der Waals surface area contributed by atoms with Crippen LogP contribution in [0, 0.1) is 5.82 Å². The lowest BCUT2D eigenvalue weighted by molar-refractivity contribution is -0.138. The number of aromatic nitrogens is 1. The van der Waals surface area contributed by atoms with Crippen LogP contribution < -0.4 is 5.32 Å². The van der Waals surface area contributed by atoms with E-state index in [1.165, 1.54) is 12.1 Å². The van der Waals surface area contributed by atoms with Gasteiger partial charge in [0.25, 0.3) is 0 Å². The van der Waals surface area contributed by atoms with Crippen LogP contribution >= 0.6 is 0 Å². The summed E-state index contributed by atoms with van der Waals surface area (Å²) in [5, 5.41) is 3.85. The number of halogens is 1. The number of fused-ring (bicyclic) bond motifs is 1. The fourth-order valence-electron chi connectivity index (χ4n) is 4.01. The van der Waals surface area contributed by atoms with E-state index in [9.17, 15) is 14.0 Å². The summed E-state index contributed by atoms with van der Waals surface area (Å²) in [5.74, 6) is -0.596. The lowest BCUT2D eigenvalue weighted by atomic mass is 10.0. The molecule has 1 aromatic heterocycles. The molecule has 1 N–H and O–H groups in total. The highest BCUT2D eigenvalue weighted by atomic mass is 19.1. The van der Waals surface area contributed by atoms with Crippen LogP contribution in [-0.2, 0) is 22.7 Å². The van der Waals surface area contributed by atoms with Crippen molar-refractivity contribution in [2.45, 2.75) is 25.6 Å². The third-order valence-corrected chi connectivity index (χ3v) is 5.65. The third kappa shape index (κ3) is 4.88. The molecule has 1 atom stereocenters. The number of nitrogens with one attached hydrogen (secondary N) is 1. The molecule has 160 valence electrons. The van der Waals surface area contributed by atoms with Crippen LogP contribution in [0.15, 0.2) is 60.8 Å². The number of piperazine rings is 1. The van der Waals surface area contributed by atoms with Gasteiger partial charge in [-0.2, -0.15) is 0 Å². The number of amides is 2. The van der Waals surface area contributed by atoms with Crippen molar-refractivity contribution in [1.29, 1.82) is 0 Å². The molecule has 1 aliphatic rings. The Labute approximate surface area is 180 Å². The Kier molecular flexibility index (Phi) is 6.23. The number of benzene rings is 2. The van der Waals surface area contributed by atoms with E-state index in [0.29, 0.717) is 26.2 Å². The standard InChI is InChI=1S/C24H25FN4O2/c1-28(16-18-6-3-9-21-20(18)8-4-10-26-21)23(30)14-22-24(31)27-11-12-29(22)15-17-5-2-7-19(25)13-17/h2-10,13,22H,11-12,14-16H2,1H3,(H,27,31). The van der Waals surface area contributed by atoms with Crippen molar-refractivity contribution in [2.24, 2.45) is 0 Å². The molecule has 0 bridgehead atoms. The molecular weight excluding hydrogens is 395 g/mol. The third-order valence-electron chi connectivity index (χ3n) is 5.65. The van der Waals surface area contributed by atoms with E-state index in [-0.39, 0.29) is 24.1 Å². The van der Waals surface area contributed by atoms with Gasteiger partial charge in [0.1, 0.15) is 5.82 Å². The second-order valence-electron chi connectivity index (χ2n) is 7.85. The van der Waals surface area contributed by atoms with Crippen LogP contribution in [0.5, 0.6) is 0 Å². The van der Waals surface area contributed by atoms with Gasteiger partial charge in [0.15, 0.2) is 0 Å². The summed E-state index contributed by atoms with van der Waals surface area (Å²) in [7, 11) is 1.75. The average Bonchev–Trinajstić information content (AvgIpc) is 2.76. The molecule has 1 fully saturated rings. The Hall–Kier alpha value is -3.32. The van der Waals surface area contributed by atoms with Crippen LogP contribution in [-0.4, -0.2) is 52.8 Å². The van der Waals surface area contributed by atoms with Crippen molar-refractivity contribution in [3.63, 3.8) is 0 Å². The zero-order chi connectivity index (χ0) is 21.8. The first-order chi connectivity index (χ1) is 15.0. The number of hydrogen-bond donors (Lipinski definition) is 1. The van der Waals surface area contributed by atoms with E-state index in [4.69, 9.17) is 0 Å². The van der Waals surface area contributed by atoms with Gasteiger partial charge in [-0.15, -0.1) is 0 Å². The number of rotatable bonds is 6. The van der Waals surface area contributed by atoms with Gasteiger partial charge in [0, 0.05) is 44.8 Å². The Balaban J connectivity index is 1.46. The lowest BCUT2D eigenvalue weighted by Crippen LogP contribution is -2.56. The number of carbonyl (C=O) groups excluding carboxylic acids is 2. The minimum absolute atomic E-state index is 0.0701. The zero-order valence-corrected chi connectivity index (χ0v) is 17.4.